The lowest BCUT2D eigenvalue weighted by Gasteiger charge is -2.33. The Kier molecular flexibility index (Phi) is 8.39. The Labute approximate surface area is 230 Å². The number of hydrogen-bond donors (Lipinski definition) is 1. The van der Waals surface area contributed by atoms with Crippen molar-refractivity contribution in [3.63, 3.8) is 0 Å². The van der Waals surface area contributed by atoms with Gasteiger partial charge in [0.05, 0.1) is 29.2 Å². The van der Waals surface area contributed by atoms with Gasteiger partial charge in [-0.3, -0.25) is 9.10 Å². The smallest absolute Gasteiger partial charge is 0.307 e. The first-order chi connectivity index (χ1) is 18.5. The van der Waals surface area contributed by atoms with Crippen LogP contribution in [-0.2, 0) is 21.2 Å². The Hall–Kier alpha value is -3.72. The van der Waals surface area contributed by atoms with Crippen molar-refractivity contribution in [2.45, 2.75) is 45.1 Å². The number of ether oxygens (including phenoxy) is 2. The van der Waals surface area contributed by atoms with E-state index >= 15 is 0 Å². The fraction of sp³-hybridized carbons (Fsp3) is 0.367. The number of benzene rings is 3. The van der Waals surface area contributed by atoms with E-state index in [0.29, 0.717) is 41.3 Å². The highest BCUT2D eigenvalue weighted by Gasteiger charge is 2.29. The molecule has 0 spiro atoms. The summed E-state index contributed by atoms with van der Waals surface area (Å²) in [6.07, 6.45) is -0.354. The lowest BCUT2D eigenvalue weighted by Crippen LogP contribution is -2.41. The molecule has 9 heteroatoms. The van der Waals surface area contributed by atoms with Gasteiger partial charge in [0.25, 0.3) is 10.0 Å². The van der Waals surface area contributed by atoms with Crippen LogP contribution in [0.2, 0.25) is 0 Å². The summed E-state index contributed by atoms with van der Waals surface area (Å²) in [6.45, 7) is 8.73. The maximum Gasteiger partial charge on any atom is 0.307 e. The summed E-state index contributed by atoms with van der Waals surface area (Å²) in [6, 6.07) is 18.0. The summed E-state index contributed by atoms with van der Waals surface area (Å²) >= 11 is 0. The first-order valence-electron chi connectivity index (χ1n) is 13.0. The van der Waals surface area contributed by atoms with Crippen LogP contribution in [0, 0.1) is 19.8 Å². The van der Waals surface area contributed by atoms with E-state index in [1.807, 2.05) is 52.1 Å². The van der Waals surface area contributed by atoms with Crippen molar-refractivity contribution >= 4 is 27.4 Å². The summed E-state index contributed by atoms with van der Waals surface area (Å²) < 4.78 is 41.6. The molecular formula is C30H36N2O6S. The monoisotopic (exact) mass is 552 g/mol. The second-order valence-corrected chi connectivity index (χ2v) is 12.3. The molecule has 1 heterocycles. The molecule has 0 fully saturated rings. The van der Waals surface area contributed by atoms with E-state index in [-0.39, 0.29) is 29.9 Å². The van der Waals surface area contributed by atoms with Gasteiger partial charge in [0.1, 0.15) is 24.2 Å². The second kappa shape index (κ2) is 11.6. The van der Waals surface area contributed by atoms with Crippen molar-refractivity contribution in [1.29, 1.82) is 0 Å². The van der Waals surface area contributed by atoms with Crippen molar-refractivity contribution in [3.05, 3.63) is 77.4 Å². The number of fused-ring (bicyclic) bond motifs is 1. The van der Waals surface area contributed by atoms with Gasteiger partial charge in [-0.2, -0.15) is 0 Å². The van der Waals surface area contributed by atoms with Gasteiger partial charge in [-0.1, -0.05) is 38.1 Å². The Morgan fingerprint density at radius 3 is 2.56 bits per heavy atom. The summed E-state index contributed by atoms with van der Waals surface area (Å²) in [5.74, 6) is 0.495. The van der Waals surface area contributed by atoms with E-state index in [0.717, 1.165) is 11.4 Å². The van der Waals surface area contributed by atoms with Crippen molar-refractivity contribution in [1.82, 2.24) is 0 Å². The molecule has 0 saturated carbocycles. The van der Waals surface area contributed by atoms with Crippen LogP contribution < -0.4 is 18.7 Å². The number of hydrogen-bond acceptors (Lipinski definition) is 6. The number of para-hydroxylation sites is 2. The Morgan fingerprint density at radius 1 is 1.10 bits per heavy atom. The van der Waals surface area contributed by atoms with Gasteiger partial charge in [-0.25, -0.2) is 8.42 Å². The zero-order valence-corrected chi connectivity index (χ0v) is 23.9. The van der Waals surface area contributed by atoms with E-state index in [2.05, 4.69) is 4.90 Å². The number of sulfonamides is 1. The molecule has 1 aliphatic rings. The third kappa shape index (κ3) is 6.47. The van der Waals surface area contributed by atoms with E-state index in [1.54, 1.807) is 43.3 Å². The summed E-state index contributed by atoms with van der Waals surface area (Å²) in [4.78, 5) is 13.6. The maximum absolute atomic E-state index is 14.0. The molecule has 8 nitrogen and oxygen atoms in total. The molecule has 1 N–H and O–H groups in total. The number of rotatable bonds is 10. The molecule has 0 radical (unpaired) electrons. The number of carboxylic acids is 1. The molecule has 0 saturated heterocycles. The highest BCUT2D eigenvalue weighted by molar-refractivity contribution is 7.92. The molecule has 0 aromatic heterocycles. The Bertz CT molecular complexity index is 1450. The van der Waals surface area contributed by atoms with Crippen LogP contribution in [0.1, 0.15) is 30.5 Å². The minimum Gasteiger partial charge on any atom is -0.489 e. The van der Waals surface area contributed by atoms with Gasteiger partial charge in [-0.15, -0.1) is 0 Å². The quantitative estimate of drug-likeness (QED) is 0.376. The molecule has 0 amide bonds. The van der Waals surface area contributed by atoms with Crippen LogP contribution in [0.15, 0.2) is 65.6 Å². The molecule has 3 aromatic rings. The largest absolute Gasteiger partial charge is 0.489 e. The van der Waals surface area contributed by atoms with Crippen LogP contribution in [-0.4, -0.2) is 52.3 Å². The highest BCUT2D eigenvalue weighted by atomic mass is 32.2. The molecule has 4 rings (SSSR count). The maximum atomic E-state index is 14.0. The van der Waals surface area contributed by atoms with E-state index in [4.69, 9.17) is 9.47 Å². The minimum atomic E-state index is -3.94. The average molecular weight is 553 g/mol. The zero-order chi connectivity index (χ0) is 28.3. The van der Waals surface area contributed by atoms with Crippen molar-refractivity contribution in [2.75, 3.05) is 35.9 Å². The highest BCUT2D eigenvalue weighted by Crippen LogP contribution is 2.34. The third-order valence-electron chi connectivity index (χ3n) is 6.60. The van der Waals surface area contributed by atoms with E-state index < -0.39 is 16.0 Å². The number of aryl methyl sites for hydroxylation is 2. The number of likely N-dealkylation sites (N-methyl/N-ethyl adjacent to an activating group) is 1. The second-order valence-electron chi connectivity index (χ2n) is 10.5. The molecule has 1 aliphatic heterocycles. The predicted octanol–water partition coefficient (Wildman–Crippen LogP) is 5.06. The standard InChI is InChI=1S/C30H36N2O6S/c1-20(2)17-32(24-10-8-9-23(15-24)16-30(33)34)39(35,36)29-14-21(3)28(13-22(29)4)37-19-25-18-31(5)26-11-6-7-12-27(26)38-25/h6-15,20,25H,16-19H2,1-5H3,(H,33,34)/t25-/m0/s1. The Balaban J connectivity index is 1.58. The molecule has 0 unspecified atom stereocenters. The lowest BCUT2D eigenvalue weighted by molar-refractivity contribution is -0.136. The molecule has 208 valence electrons. The fourth-order valence-corrected chi connectivity index (χ4v) is 6.66. The van der Waals surface area contributed by atoms with Gasteiger partial charge < -0.3 is 19.5 Å². The summed E-state index contributed by atoms with van der Waals surface area (Å²) in [7, 11) is -1.92. The molecular weight excluding hydrogens is 516 g/mol. The number of aliphatic carboxylic acids is 1. The van der Waals surface area contributed by atoms with Gasteiger partial charge in [0.15, 0.2) is 0 Å². The number of carboxylic acid groups (broad SMARTS) is 1. The van der Waals surface area contributed by atoms with Gasteiger partial charge in [0.2, 0.25) is 0 Å². The van der Waals surface area contributed by atoms with Crippen LogP contribution in [0.4, 0.5) is 11.4 Å². The summed E-state index contributed by atoms with van der Waals surface area (Å²) in [5, 5.41) is 9.20. The number of nitrogens with zero attached hydrogens (tertiary/aromatic N) is 2. The molecule has 1 atom stereocenters. The van der Waals surface area contributed by atoms with Crippen molar-refractivity contribution < 1.29 is 27.8 Å². The SMILES string of the molecule is Cc1cc(S(=O)(=O)N(CC(C)C)c2cccc(CC(=O)O)c2)c(C)cc1OC[C@@H]1CN(C)c2ccccc2O1. The number of carbonyl (C=O) groups is 1. The van der Waals surface area contributed by atoms with Gasteiger partial charge >= 0.3 is 5.97 Å². The minimum absolute atomic E-state index is 0.0469. The lowest BCUT2D eigenvalue weighted by atomic mass is 10.1. The third-order valence-corrected chi connectivity index (χ3v) is 8.53. The summed E-state index contributed by atoms with van der Waals surface area (Å²) in [5.41, 5.74) is 3.29. The first-order valence-corrected chi connectivity index (χ1v) is 14.4. The van der Waals surface area contributed by atoms with Gasteiger partial charge in [0, 0.05) is 13.6 Å². The van der Waals surface area contributed by atoms with Crippen LogP contribution in [0.3, 0.4) is 0 Å². The predicted molar refractivity (Wildman–Crippen MR) is 153 cm³/mol. The zero-order valence-electron chi connectivity index (χ0n) is 23.0. The van der Waals surface area contributed by atoms with E-state index in [1.165, 1.54) is 4.31 Å². The average Bonchev–Trinajstić information content (AvgIpc) is 2.87. The van der Waals surface area contributed by atoms with Crippen molar-refractivity contribution in [3.8, 4) is 11.5 Å². The first kappa shape index (κ1) is 28.3. The van der Waals surface area contributed by atoms with Crippen LogP contribution in [0.5, 0.6) is 11.5 Å². The molecule has 0 aliphatic carbocycles. The molecule has 39 heavy (non-hydrogen) atoms. The van der Waals surface area contributed by atoms with Crippen LogP contribution in [0.25, 0.3) is 0 Å². The normalized spacial score (nSPS) is 15.0. The van der Waals surface area contributed by atoms with Gasteiger partial charge in [-0.05, 0) is 72.9 Å². The van der Waals surface area contributed by atoms with Crippen LogP contribution >= 0.6 is 0 Å². The van der Waals surface area contributed by atoms with Crippen molar-refractivity contribution in [2.24, 2.45) is 5.92 Å². The number of anilines is 2. The molecule has 0 bridgehead atoms. The Morgan fingerprint density at radius 2 is 1.85 bits per heavy atom. The fourth-order valence-electron chi connectivity index (χ4n) is 4.75. The van der Waals surface area contributed by atoms with E-state index in [9.17, 15) is 18.3 Å². The topological polar surface area (TPSA) is 96.4 Å². The molecule has 3 aromatic carbocycles.